The van der Waals surface area contributed by atoms with Crippen molar-refractivity contribution in [2.24, 2.45) is 0 Å². The van der Waals surface area contributed by atoms with Gasteiger partial charge in [-0.05, 0) is 62.2 Å². The van der Waals surface area contributed by atoms with E-state index in [2.05, 4.69) is 15.2 Å². The molecule has 9 heterocycles. The highest BCUT2D eigenvalue weighted by molar-refractivity contribution is 7.99. The van der Waals surface area contributed by atoms with E-state index < -0.39 is 52.6 Å². The standard InChI is InChI=1S/C42H46N4O11S/c1-18-9-21-12-41(51)15-45(4)31(28(21)33(49)34(18)53-6)32-38-30-29(37-36(55-17-56-37)19(2)35(30)57-20(3)48)27(46(32)41)14-54-40(50)42(16-58-38)39-25(10-22(13-47)44-42)24-11-23(52-5)7-8-26(24)43-39/h7-9,11,22,27,31-32,38,43-44,47,49,51H,10,12-17H2,1-6H3/t22-,27-,31-,32?,38+,41+,42+/m0/s1. The zero-order valence-corrected chi connectivity index (χ0v) is 33.9. The van der Waals surface area contributed by atoms with Crippen molar-refractivity contribution in [1.29, 1.82) is 0 Å². The van der Waals surface area contributed by atoms with E-state index in [0.29, 0.717) is 63.1 Å². The molecule has 16 heteroatoms. The van der Waals surface area contributed by atoms with Gasteiger partial charge in [-0.2, -0.15) is 0 Å². The highest BCUT2D eigenvalue weighted by atomic mass is 32.2. The Hall–Kier alpha value is -4.71. The highest BCUT2D eigenvalue weighted by Crippen LogP contribution is 2.65. The minimum absolute atomic E-state index is 0.00139. The first-order valence-electron chi connectivity index (χ1n) is 19.4. The number of aromatic amines is 1. The number of esters is 2. The van der Waals surface area contributed by atoms with Crippen molar-refractivity contribution >= 4 is 34.6 Å². The molecule has 15 nitrogen and oxygen atoms in total. The van der Waals surface area contributed by atoms with Crippen LogP contribution in [-0.2, 0) is 32.7 Å². The Morgan fingerprint density at radius 3 is 2.60 bits per heavy atom. The minimum Gasteiger partial charge on any atom is -0.504 e. The first-order chi connectivity index (χ1) is 27.8. The van der Waals surface area contributed by atoms with Crippen molar-refractivity contribution in [2.45, 2.75) is 74.3 Å². The summed E-state index contributed by atoms with van der Waals surface area (Å²) >= 11 is 1.46. The van der Waals surface area contributed by atoms with E-state index >= 15 is 4.79 Å². The van der Waals surface area contributed by atoms with E-state index in [1.807, 2.05) is 50.1 Å². The second-order valence-corrected chi connectivity index (χ2v) is 17.5. The molecular weight excluding hydrogens is 769 g/mol. The molecule has 3 aromatic carbocycles. The summed E-state index contributed by atoms with van der Waals surface area (Å²) in [6, 6.07) is 5.22. The molecule has 1 aromatic heterocycles. The topological polar surface area (TPSA) is 185 Å². The molecule has 0 saturated carbocycles. The molecule has 2 saturated heterocycles. The summed E-state index contributed by atoms with van der Waals surface area (Å²) in [6.45, 7) is 4.72. The smallest absolute Gasteiger partial charge is 0.333 e. The number of hydrogen-bond acceptors (Lipinski definition) is 15. The van der Waals surface area contributed by atoms with Crippen LogP contribution < -0.4 is 29.0 Å². The monoisotopic (exact) mass is 814 g/mol. The largest absolute Gasteiger partial charge is 0.504 e. The number of aromatic hydroxyl groups is 1. The van der Waals surface area contributed by atoms with Gasteiger partial charge in [0, 0.05) is 70.9 Å². The number of hydrogen-bond donors (Lipinski definition) is 5. The third kappa shape index (κ3) is 5.05. The molecule has 1 spiro atoms. The molecule has 5 N–H and O–H groups in total. The van der Waals surface area contributed by atoms with Crippen LogP contribution in [0.4, 0.5) is 0 Å². The molecule has 8 atom stereocenters. The number of methoxy groups -OCH3 is 2. The van der Waals surface area contributed by atoms with Gasteiger partial charge in [0.2, 0.25) is 6.79 Å². The number of benzene rings is 3. The van der Waals surface area contributed by atoms with Crippen LogP contribution >= 0.6 is 11.8 Å². The summed E-state index contributed by atoms with van der Waals surface area (Å²) in [4.78, 5) is 35.8. The lowest BCUT2D eigenvalue weighted by Gasteiger charge is -2.60. The predicted molar refractivity (Wildman–Crippen MR) is 211 cm³/mol. The van der Waals surface area contributed by atoms with Gasteiger partial charge in [-0.3, -0.25) is 19.9 Å². The molecule has 58 heavy (non-hydrogen) atoms. The third-order valence-corrected chi connectivity index (χ3v) is 14.6. The average Bonchev–Trinajstić information content (AvgIpc) is 3.78. The minimum atomic E-state index is -1.54. The SMILES string of the molecule is COc1ccc2[nH]c3c(c2c1)C[C@@H](CO)N[C@]31CS[C@@H]2c3c(OC(C)=O)c(C)c4c(c3[C@H](COC1=O)N1C2[C@@H]2c3c(cc(C)c(OC)c3O)C[C@@]1(O)CN2C)OCO4. The Morgan fingerprint density at radius 1 is 1.07 bits per heavy atom. The van der Waals surface area contributed by atoms with Crippen molar-refractivity contribution in [3.63, 3.8) is 0 Å². The molecule has 4 aromatic rings. The van der Waals surface area contributed by atoms with Gasteiger partial charge < -0.3 is 48.7 Å². The Morgan fingerprint density at radius 2 is 1.86 bits per heavy atom. The van der Waals surface area contributed by atoms with Crippen molar-refractivity contribution in [2.75, 3.05) is 53.6 Å². The number of phenolic OH excluding ortho intramolecular Hbond substituents is 1. The lowest BCUT2D eigenvalue weighted by molar-refractivity contribution is -0.215. The highest BCUT2D eigenvalue weighted by Gasteiger charge is 2.64. The van der Waals surface area contributed by atoms with E-state index in [4.69, 9.17) is 28.4 Å². The van der Waals surface area contributed by atoms with Gasteiger partial charge in [-0.25, -0.2) is 4.79 Å². The Kier molecular flexibility index (Phi) is 8.51. The van der Waals surface area contributed by atoms with E-state index in [1.165, 1.54) is 25.8 Å². The predicted octanol–water partition coefficient (Wildman–Crippen LogP) is 3.55. The second kappa shape index (κ2) is 13.1. The fourth-order valence-corrected chi connectivity index (χ4v) is 12.6. The van der Waals surface area contributed by atoms with Gasteiger partial charge in [-0.15, -0.1) is 11.8 Å². The second-order valence-electron chi connectivity index (χ2n) is 16.4. The molecule has 8 aliphatic rings. The van der Waals surface area contributed by atoms with Crippen LogP contribution in [0.5, 0.6) is 34.5 Å². The third-order valence-electron chi connectivity index (χ3n) is 13.1. The number of rotatable bonds is 4. The van der Waals surface area contributed by atoms with Crippen molar-refractivity contribution < 1.29 is 53.3 Å². The summed E-state index contributed by atoms with van der Waals surface area (Å²) < 4.78 is 36.3. The number of ether oxygens (including phenoxy) is 6. The number of nitrogens with one attached hydrogen (secondary N) is 2. The summed E-state index contributed by atoms with van der Waals surface area (Å²) in [5.74, 6) is 1.22. The number of likely N-dealkylation sites (N-methyl/N-ethyl adjacent to an activating group) is 1. The number of aliphatic hydroxyl groups excluding tert-OH is 1. The Balaban J connectivity index is 1.25. The molecule has 4 bridgehead atoms. The molecule has 2 fully saturated rings. The number of piperazine rings is 1. The van der Waals surface area contributed by atoms with Crippen molar-refractivity contribution in [3.8, 4) is 34.5 Å². The lowest BCUT2D eigenvalue weighted by atomic mass is 9.78. The maximum atomic E-state index is 15.1. The van der Waals surface area contributed by atoms with E-state index in [1.54, 1.807) is 7.11 Å². The number of H-pyrrole nitrogens is 1. The normalized spacial score (nSPS) is 30.6. The quantitative estimate of drug-likeness (QED) is 0.149. The fraction of sp³-hybridized carbons (Fsp3) is 0.476. The number of aliphatic hydroxyl groups is 2. The molecule has 12 rings (SSSR count). The van der Waals surface area contributed by atoms with Crippen LogP contribution in [0, 0.1) is 13.8 Å². The van der Waals surface area contributed by atoms with Crippen LogP contribution in [0.2, 0.25) is 0 Å². The van der Waals surface area contributed by atoms with Crippen LogP contribution in [0.1, 0.15) is 68.9 Å². The molecular formula is C42H46N4O11S. The number of nitrogens with zero attached hydrogens (tertiary/aromatic N) is 2. The van der Waals surface area contributed by atoms with Crippen molar-refractivity contribution in [3.05, 3.63) is 68.9 Å². The molecule has 0 radical (unpaired) electrons. The van der Waals surface area contributed by atoms with Crippen LogP contribution in [0.25, 0.3) is 10.9 Å². The van der Waals surface area contributed by atoms with Crippen LogP contribution in [0.3, 0.4) is 0 Å². The summed E-state index contributed by atoms with van der Waals surface area (Å²) in [5.41, 5.74) is 3.31. The first-order valence-corrected chi connectivity index (χ1v) is 20.5. The number of phenols is 1. The number of aromatic nitrogens is 1. The summed E-state index contributed by atoms with van der Waals surface area (Å²) in [6.07, 6.45) is 0.601. The number of fused-ring (bicyclic) bond motifs is 8. The van der Waals surface area contributed by atoms with Crippen LogP contribution in [-0.4, -0.2) is 113 Å². The molecule has 0 aliphatic carbocycles. The Bertz CT molecular complexity index is 2440. The average molecular weight is 815 g/mol. The van der Waals surface area contributed by atoms with Gasteiger partial charge in [0.1, 0.15) is 23.8 Å². The number of aryl methyl sites for hydroxylation is 1. The van der Waals surface area contributed by atoms with E-state index in [9.17, 15) is 20.1 Å². The molecule has 8 aliphatic heterocycles. The van der Waals surface area contributed by atoms with E-state index in [0.717, 1.165) is 27.6 Å². The van der Waals surface area contributed by atoms with Gasteiger partial charge >= 0.3 is 11.9 Å². The van der Waals surface area contributed by atoms with Crippen LogP contribution in [0.15, 0.2) is 24.3 Å². The number of thioether (sulfide) groups is 1. The van der Waals surface area contributed by atoms with E-state index in [-0.39, 0.29) is 44.5 Å². The molecule has 0 amide bonds. The first kappa shape index (κ1) is 37.6. The van der Waals surface area contributed by atoms with Gasteiger partial charge in [0.25, 0.3) is 0 Å². The maximum Gasteiger partial charge on any atom is 0.333 e. The zero-order valence-electron chi connectivity index (χ0n) is 33.1. The summed E-state index contributed by atoms with van der Waals surface area (Å²) in [7, 11) is 5.07. The van der Waals surface area contributed by atoms with Gasteiger partial charge in [-0.1, -0.05) is 6.07 Å². The number of carbonyl (C=O) groups is 2. The lowest BCUT2D eigenvalue weighted by Crippen LogP contribution is -2.70. The fourth-order valence-electron chi connectivity index (χ4n) is 11.0. The maximum absolute atomic E-state index is 15.1. The Labute approximate surface area is 338 Å². The van der Waals surface area contributed by atoms with Gasteiger partial charge in [0.15, 0.2) is 28.5 Å². The zero-order chi connectivity index (χ0) is 40.6. The summed E-state index contributed by atoms with van der Waals surface area (Å²) in [5, 5.41) is 39.8. The molecule has 2 unspecified atom stereocenters. The van der Waals surface area contributed by atoms with Gasteiger partial charge in [0.05, 0.1) is 43.9 Å². The molecule has 306 valence electrons. The number of carbonyl (C=O) groups excluding carboxylic acids is 2. The van der Waals surface area contributed by atoms with Crippen molar-refractivity contribution in [1.82, 2.24) is 20.1 Å².